The van der Waals surface area contributed by atoms with E-state index >= 15 is 0 Å². The first-order valence-electron chi connectivity index (χ1n) is 7.38. The number of nitro benzene ring substituents is 1. The second kappa shape index (κ2) is 7.62. The van der Waals surface area contributed by atoms with E-state index < -0.39 is 10.8 Å². The third-order valence-corrected chi connectivity index (χ3v) is 4.05. The lowest BCUT2D eigenvalue weighted by Crippen LogP contribution is -2.13. The Bertz CT molecular complexity index is 926. The summed E-state index contributed by atoms with van der Waals surface area (Å²) in [6.07, 6.45) is 1.54. The molecular formula is C17H13N3O5S. The number of anilines is 1. The Balaban J connectivity index is 1.92. The van der Waals surface area contributed by atoms with E-state index in [2.05, 4.69) is 10.3 Å². The fourth-order valence-corrected chi connectivity index (χ4v) is 2.64. The SMILES string of the molecule is COc1ccc(Oc2ccc([N+](=O)[O-])cc2C(=O)Nc2nccs2)cc1. The van der Waals surface area contributed by atoms with Gasteiger partial charge in [0.05, 0.1) is 17.6 Å². The third-order valence-electron chi connectivity index (χ3n) is 3.36. The van der Waals surface area contributed by atoms with E-state index in [-0.39, 0.29) is 17.0 Å². The molecule has 3 rings (SSSR count). The fourth-order valence-electron chi connectivity index (χ4n) is 2.12. The van der Waals surface area contributed by atoms with Crippen LogP contribution >= 0.6 is 11.3 Å². The van der Waals surface area contributed by atoms with E-state index in [9.17, 15) is 14.9 Å². The van der Waals surface area contributed by atoms with Crippen LogP contribution in [0.25, 0.3) is 0 Å². The number of hydrogen-bond donors (Lipinski definition) is 1. The van der Waals surface area contributed by atoms with Crippen LogP contribution in [0.2, 0.25) is 0 Å². The van der Waals surface area contributed by atoms with Gasteiger partial charge >= 0.3 is 0 Å². The summed E-state index contributed by atoms with van der Waals surface area (Å²) in [5.41, 5.74) is -0.179. The maximum absolute atomic E-state index is 12.5. The number of nitrogens with one attached hydrogen (secondary N) is 1. The molecule has 1 aromatic heterocycles. The smallest absolute Gasteiger partial charge is 0.270 e. The quantitative estimate of drug-likeness (QED) is 0.517. The van der Waals surface area contributed by atoms with Crippen LogP contribution in [0.3, 0.4) is 0 Å². The summed E-state index contributed by atoms with van der Waals surface area (Å²) in [6, 6.07) is 10.6. The van der Waals surface area contributed by atoms with E-state index in [4.69, 9.17) is 9.47 Å². The molecule has 0 atom stereocenters. The van der Waals surface area contributed by atoms with Crippen LogP contribution < -0.4 is 14.8 Å². The Morgan fingerprint density at radius 3 is 2.54 bits per heavy atom. The molecule has 0 saturated heterocycles. The van der Waals surface area contributed by atoms with Crippen LogP contribution in [0.4, 0.5) is 10.8 Å². The number of carbonyl (C=O) groups excluding carboxylic acids is 1. The molecular weight excluding hydrogens is 358 g/mol. The number of thiazole rings is 1. The molecule has 1 N–H and O–H groups in total. The molecule has 8 nitrogen and oxygen atoms in total. The Labute approximate surface area is 152 Å². The molecule has 0 aliphatic heterocycles. The van der Waals surface area contributed by atoms with E-state index in [1.165, 1.54) is 29.5 Å². The predicted octanol–water partition coefficient (Wildman–Crippen LogP) is 4.10. The second-order valence-electron chi connectivity index (χ2n) is 5.01. The number of hydrogen-bond acceptors (Lipinski definition) is 7. The molecule has 9 heteroatoms. The van der Waals surface area contributed by atoms with Gasteiger partial charge in [-0.2, -0.15) is 0 Å². The first-order chi connectivity index (χ1) is 12.6. The average Bonchev–Trinajstić information content (AvgIpc) is 3.15. The van der Waals surface area contributed by atoms with Crippen molar-refractivity contribution in [2.24, 2.45) is 0 Å². The third kappa shape index (κ3) is 3.95. The highest BCUT2D eigenvalue weighted by molar-refractivity contribution is 7.13. The van der Waals surface area contributed by atoms with Gasteiger partial charge < -0.3 is 9.47 Å². The monoisotopic (exact) mass is 371 g/mol. The van der Waals surface area contributed by atoms with E-state index in [0.29, 0.717) is 16.6 Å². The summed E-state index contributed by atoms with van der Waals surface area (Å²) >= 11 is 1.24. The van der Waals surface area contributed by atoms with Crippen LogP contribution in [-0.2, 0) is 0 Å². The maximum atomic E-state index is 12.5. The number of rotatable bonds is 6. The topological polar surface area (TPSA) is 104 Å². The van der Waals surface area contributed by atoms with Gasteiger partial charge in [-0.15, -0.1) is 11.3 Å². The molecule has 0 aliphatic rings. The van der Waals surface area contributed by atoms with Crippen molar-refractivity contribution in [2.45, 2.75) is 0 Å². The van der Waals surface area contributed by atoms with Gasteiger partial charge in [0.25, 0.3) is 11.6 Å². The van der Waals surface area contributed by atoms with Crippen LogP contribution in [0, 0.1) is 10.1 Å². The Kier molecular flexibility index (Phi) is 5.09. The van der Waals surface area contributed by atoms with E-state index in [1.807, 2.05) is 0 Å². The molecule has 2 aromatic carbocycles. The molecule has 0 saturated carbocycles. The van der Waals surface area contributed by atoms with Gasteiger partial charge in [-0.3, -0.25) is 20.2 Å². The molecule has 132 valence electrons. The number of nitrogens with zero attached hydrogens (tertiary/aromatic N) is 2. The Morgan fingerprint density at radius 2 is 1.92 bits per heavy atom. The van der Waals surface area contributed by atoms with Crippen molar-refractivity contribution >= 4 is 28.1 Å². The van der Waals surface area contributed by atoms with Crippen LogP contribution in [0.5, 0.6) is 17.2 Å². The number of benzene rings is 2. The van der Waals surface area contributed by atoms with E-state index in [1.54, 1.807) is 43.0 Å². The predicted molar refractivity (Wildman–Crippen MR) is 96.2 cm³/mol. The summed E-state index contributed by atoms with van der Waals surface area (Å²) in [6.45, 7) is 0. The van der Waals surface area contributed by atoms with Crippen molar-refractivity contribution in [3.63, 3.8) is 0 Å². The molecule has 0 aliphatic carbocycles. The van der Waals surface area contributed by atoms with E-state index in [0.717, 1.165) is 0 Å². The minimum absolute atomic E-state index is 0.0326. The van der Waals surface area contributed by atoms with Gasteiger partial charge in [-0.1, -0.05) is 0 Å². The van der Waals surface area contributed by atoms with Gasteiger partial charge in [-0.05, 0) is 30.3 Å². The van der Waals surface area contributed by atoms with Gasteiger partial charge in [0, 0.05) is 23.7 Å². The minimum atomic E-state index is -0.572. The Morgan fingerprint density at radius 1 is 1.19 bits per heavy atom. The van der Waals surface area contributed by atoms with Gasteiger partial charge in [0.1, 0.15) is 17.2 Å². The highest BCUT2D eigenvalue weighted by atomic mass is 32.1. The summed E-state index contributed by atoms with van der Waals surface area (Å²) in [5, 5.41) is 15.7. The van der Waals surface area contributed by atoms with Gasteiger partial charge in [-0.25, -0.2) is 4.98 Å². The lowest BCUT2D eigenvalue weighted by molar-refractivity contribution is -0.384. The number of ether oxygens (including phenoxy) is 2. The van der Waals surface area contributed by atoms with Crippen LogP contribution in [0.1, 0.15) is 10.4 Å². The lowest BCUT2D eigenvalue weighted by atomic mass is 10.1. The molecule has 0 bridgehead atoms. The van der Waals surface area contributed by atoms with Gasteiger partial charge in [0.15, 0.2) is 5.13 Å². The van der Waals surface area contributed by atoms with Gasteiger partial charge in [0.2, 0.25) is 0 Å². The largest absolute Gasteiger partial charge is 0.497 e. The first-order valence-corrected chi connectivity index (χ1v) is 8.26. The summed E-state index contributed by atoms with van der Waals surface area (Å²) < 4.78 is 10.8. The summed E-state index contributed by atoms with van der Waals surface area (Å²) in [4.78, 5) is 27.0. The number of nitro groups is 1. The highest BCUT2D eigenvalue weighted by Gasteiger charge is 2.19. The van der Waals surface area contributed by atoms with Crippen molar-refractivity contribution in [1.29, 1.82) is 0 Å². The van der Waals surface area contributed by atoms with Crippen molar-refractivity contribution < 1.29 is 19.2 Å². The highest BCUT2D eigenvalue weighted by Crippen LogP contribution is 2.30. The Hall–Kier alpha value is -3.46. The molecule has 3 aromatic rings. The number of carbonyl (C=O) groups is 1. The average molecular weight is 371 g/mol. The van der Waals surface area contributed by atoms with Crippen molar-refractivity contribution in [3.05, 3.63) is 69.7 Å². The first kappa shape index (κ1) is 17.4. The van der Waals surface area contributed by atoms with Crippen molar-refractivity contribution in [1.82, 2.24) is 4.98 Å². The number of amides is 1. The summed E-state index contributed by atoms with van der Waals surface area (Å²) in [7, 11) is 1.55. The minimum Gasteiger partial charge on any atom is -0.497 e. The zero-order valence-electron chi connectivity index (χ0n) is 13.5. The zero-order chi connectivity index (χ0) is 18.5. The standard InChI is InChI=1S/C17H13N3O5S/c1-24-12-3-5-13(6-4-12)25-15-7-2-11(20(22)23)10-14(15)16(21)19-17-18-8-9-26-17/h2-10H,1H3,(H,18,19,21). The summed E-state index contributed by atoms with van der Waals surface area (Å²) in [5.74, 6) is 0.757. The maximum Gasteiger partial charge on any atom is 0.270 e. The lowest BCUT2D eigenvalue weighted by Gasteiger charge is -2.11. The normalized spacial score (nSPS) is 10.2. The van der Waals surface area contributed by atoms with Crippen LogP contribution in [0.15, 0.2) is 54.0 Å². The molecule has 0 spiro atoms. The molecule has 26 heavy (non-hydrogen) atoms. The van der Waals surface area contributed by atoms with Crippen molar-refractivity contribution in [3.8, 4) is 17.2 Å². The molecule has 1 heterocycles. The molecule has 1 amide bonds. The fraction of sp³-hybridized carbons (Fsp3) is 0.0588. The second-order valence-corrected chi connectivity index (χ2v) is 5.90. The number of methoxy groups -OCH3 is 1. The zero-order valence-corrected chi connectivity index (χ0v) is 14.4. The molecule has 0 unspecified atom stereocenters. The number of aromatic nitrogens is 1. The molecule has 0 radical (unpaired) electrons. The molecule has 0 fully saturated rings. The van der Waals surface area contributed by atoms with Crippen molar-refractivity contribution in [2.75, 3.05) is 12.4 Å². The number of non-ortho nitro benzene ring substituents is 1. The van der Waals surface area contributed by atoms with Crippen LogP contribution in [-0.4, -0.2) is 22.9 Å².